The minimum atomic E-state index is -0.678. The lowest BCUT2D eigenvalue weighted by atomic mass is 10.1. The number of hydrogen-bond donors (Lipinski definition) is 0. The summed E-state index contributed by atoms with van der Waals surface area (Å²) in [5.41, 5.74) is 6.26. The second kappa shape index (κ2) is 39.8. The van der Waals surface area contributed by atoms with Crippen molar-refractivity contribution in [1.82, 2.24) is 0 Å². The molecule has 6 aromatic carbocycles. The van der Waals surface area contributed by atoms with Gasteiger partial charge in [-0.15, -0.1) is 0 Å². The van der Waals surface area contributed by atoms with Crippen LogP contribution in [0, 0.1) is 17.8 Å². The van der Waals surface area contributed by atoms with Gasteiger partial charge in [-0.3, -0.25) is 14.4 Å². The van der Waals surface area contributed by atoms with Crippen molar-refractivity contribution >= 4 is 17.9 Å². The summed E-state index contributed by atoms with van der Waals surface area (Å²) in [6.45, 7) is 4.94. The Labute approximate surface area is 496 Å². The summed E-state index contributed by atoms with van der Waals surface area (Å²) in [5.74, 6) is -1.70. The summed E-state index contributed by atoms with van der Waals surface area (Å²) in [6, 6.07) is 59.4. The van der Waals surface area contributed by atoms with Crippen LogP contribution in [0.25, 0.3) is 0 Å². The normalized spacial score (nSPS) is 15.1. The highest BCUT2D eigenvalue weighted by molar-refractivity contribution is 5.70. The van der Waals surface area contributed by atoms with E-state index in [-0.39, 0.29) is 74.7 Å². The van der Waals surface area contributed by atoms with Crippen molar-refractivity contribution in [2.45, 2.75) is 116 Å². The Balaban J connectivity index is 0.878. The first-order chi connectivity index (χ1) is 41.4. The highest BCUT2D eigenvalue weighted by atomic mass is 16.9. The minimum absolute atomic E-state index is 0.128. The summed E-state index contributed by atoms with van der Waals surface area (Å²) in [6.07, 6.45) is 0.972. The molecule has 0 aliphatic carbocycles. The van der Waals surface area contributed by atoms with Gasteiger partial charge in [0.25, 0.3) is 0 Å². The van der Waals surface area contributed by atoms with E-state index in [9.17, 15) is 14.4 Å². The van der Waals surface area contributed by atoms with Crippen LogP contribution in [0.15, 0.2) is 182 Å². The zero-order chi connectivity index (χ0) is 58.3. The van der Waals surface area contributed by atoms with Crippen molar-refractivity contribution in [2.24, 2.45) is 17.8 Å². The summed E-state index contributed by atoms with van der Waals surface area (Å²) >= 11 is 0. The standard InChI is InChI=1S/C69H84O15/c70-64(40-61(49-73-43-55-22-7-1-8-23-55)50-74-44-56-24-9-2-10-25-56)79-37-19-34-67-82-68(35-20-38-80-65(71)41-62(51-75-45-57-26-11-3-12-27-57)52-76-46-58-28-13-4-14-29-58)84-69(83-67)36-21-39-81-66(72)42-63(53-77-47-59-30-15-5-16-31-59)54-78-48-60-32-17-6-18-33-60/h1-18,22-33,61-63,67-69H,19-21,34-54H2. The number of carbonyl (C=O) groups is 3. The van der Waals surface area contributed by atoms with E-state index in [2.05, 4.69) is 0 Å². The lowest BCUT2D eigenvalue weighted by Gasteiger charge is -2.36. The number of hydrogen-bond acceptors (Lipinski definition) is 15. The number of rotatable bonds is 42. The van der Waals surface area contributed by atoms with E-state index in [0.29, 0.717) is 118 Å². The van der Waals surface area contributed by atoms with E-state index >= 15 is 0 Å². The van der Waals surface area contributed by atoms with Crippen LogP contribution in [0.1, 0.15) is 91.2 Å². The molecule has 0 unspecified atom stereocenters. The molecule has 0 N–H and O–H groups in total. The summed E-state index contributed by atoms with van der Waals surface area (Å²) in [4.78, 5) is 39.8. The average Bonchev–Trinajstić information content (AvgIpc) is 3.55. The van der Waals surface area contributed by atoms with Gasteiger partial charge in [-0.2, -0.15) is 0 Å². The smallest absolute Gasteiger partial charge is 0.306 e. The zero-order valence-electron chi connectivity index (χ0n) is 48.4. The molecule has 0 bridgehead atoms. The molecule has 15 nitrogen and oxygen atoms in total. The highest BCUT2D eigenvalue weighted by Gasteiger charge is 2.31. The van der Waals surface area contributed by atoms with Crippen LogP contribution in [0.2, 0.25) is 0 Å². The Bertz CT molecular complexity index is 2220. The van der Waals surface area contributed by atoms with Crippen LogP contribution in [-0.2, 0) is 111 Å². The predicted octanol–water partition coefficient (Wildman–Crippen LogP) is 12.3. The molecule has 6 aromatic rings. The van der Waals surface area contributed by atoms with E-state index in [1.54, 1.807) is 0 Å². The largest absolute Gasteiger partial charge is 0.466 e. The second-order valence-electron chi connectivity index (χ2n) is 21.0. The molecule has 0 atom stereocenters. The van der Waals surface area contributed by atoms with E-state index in [1.165, 1.54) is 0 Å². The highest BCUT2D eigenvalue weighted by Crippen LogP contribution is 2.25. The number of benzene rings is 6. The topological polar surface area (TPSA) is 162 Å². The van der Waals surface area contributed by atoms with E-state index in [1.807, 2.05) is 182 Å². The van der Waals surface area contributed by atoms with Crippen LogP contribution in [0.3, 0.4) is 0 Å². The molecule has 0 aromatic heterocycles. The van der Waals surface area contributed by atoms with Crippen molar-refractivity contribution in [1.29, 1.82) is 0 Å². The molecule has 0 amide bonds. The molecular formula is C69H84O15. The third kappa shape index (κ3) is 27.8. The molecule has 1 aliphatic heterocycles. The molecule has 1 heterocycles. The number of carbonyl (C=O) groups excluding carboxylic acids is 3. The van der Waals surface area contributed by atoms with Crippen LogP contribution in [0.5, 0.6) is 0 Å². The SMILES string of the molecule is O=C(CC(COCc1ccccc1)COCc1ccccc1)OCCCC1OC(CCCOC(=O)CC(COCc2ccccc2)COCc2ccccc2)OC(CCCOC(=O)CC(COCc2ccccc2)COCc2ccccc2)O1. The van der Waals surface area contributed by atoms with Crippen LogP contribution in [0.4, 0.5) is 0 Å². The Morgan fingerprint density at radius 2 is 0.488 bits per heavy atom. The molecule has 0 saturated carbocycles. The maximum Gasteiger partial charge on any atom is 0.306 e. The maximum absolute atomic E-state index is 13.3. The van der Waals surface area contributed by atoms with Crippen LogP contribution >= 0.6 is 0 Å². The maximum atomic E-state index is 13.3. The molecule has 7 rings (SSSR count). The molecule has 0 spiro atoms. The lowest BCUT2D eigenvalue weighted by Crippen LogP contribution is -2.41. The molecule has 0 radical (unpaired) electrons. The molecule has 450 valence electrons. The summed E-state index contributed by atoms with van der Waals surface area (Å²) < 4.78 is 72.3. The molecular weight excluding hydrogens is 1070 g/mol. The molecule has 15 heteroatoms. The second-order valence-corrected chi connectivity index (χ2v) is 21.0. The van der Waals surface area contributed by atoms with Gasteiger partial charge in [0, 0.05) is 37.0 Å². The van der Waals surface area contributed by atoms with Gasteiger partial charge < -0.3 is 56.8 Å². The van der Waals surface area contributed by atoms with Gasteiger partial charge in [-0.25, -0.2) is 0 Å². The van der Waals surface area contributed by atoms with Crippen molar-refractivity contribution < 1.29 is 71.2 Å². The van der Waals surface area contributed by atoms with E-state index < -0.39 is 18.9 Å². The molecule has 1 fully saturated rings. The number of ether oxygens (including phenoxy) is 12. The van der Waals surface area contributed by atoms with Crippen molar-refractivity contribution in [3.05, 3.63) is 215 Å². The fourth-order valence-electron chi connectivity index (χ4n) is 9.21. The number of esters is 3. The molecule has 1 aliphatic rings. The van der Waals surface area contributed by atoms with E-state index in [0.717, 1.165) is 33.4 Å². The monoisotopic (exact) mass is 1150 g/mol. The van der Waals surface area contributed by atoms with Gasteiger partial charge in [-0.1, -0.05) is 182 Å². The Morgan fingerprint density at radius 3 is 0.679 bits per heavy atom. The quantitative estimate of drug-likeness (QED) is 0.0202. The minimum Gasteiger partial charge on any atom is -0.466 e. The third-order valence-corrected chi connectivity index (χ3v) is 13.6. The van der Waals surface area contributed by atoms with Gasteiger partial charge in [0.05, 0.1) is 118 Å². The fourth-order valence-corrected chi connectivity index (χ4v) is 9.21. The van der Waals surface area contributed by atoms with Gasteiger partial charge in [0.15, 0.2) is 18.9 Å². The average molecular weight is 1150 g/mol. The van der Waals surface area contributed by atoms with Crippen molar-refractivity contribution in [2.75, 3.05) is 59.5 Å². The van der Waals surface area contributed by atoms with Gasteiger partial charge in [-0.05, 0) is 52.6 Å². The van der Waals surface area contributed by atoms with Gasteiger partial charge in [0.1, 0.15) is 0 Å². The Morgan fingerprint density at radius 1 is 0.298 bits per heavy atom. The first kappa shape index (κ1) is 64.9. The summed E-state index contributed by atoms with van der Waals surface area (Å²) in [7, 11) is 0. The lowest BCUT2D eigenvalue weighted by molar-refractivity contribution is -0.386. The Kier molecular flexibility index (Phi) is 30.8. The van der Waals surface area contributed by atoms with Gasteiger partial charge in [0.2, 0.25) is 0 Å². The van der Waals surface area contributed by atoms with Gasteiger partial charge >= 0.3 is 17.9 Å². The van der Waals surface area contributed by atoms with Crippen LogP contribution in [-0.4, -0.2) is 96.2 Å². The summed E-state index contributed by atoms with van der Waals surface area (Å²) in [5, 5.41) is 0. The fraction of sp³-hybridized carbons (Fsp3) is 0.435. The van der Waals surface area contributed by atoms with E-state index in [4.69, 9.17) is 56.8 Å². The zero-order valence-corrected chi connectivity index (χ0v) is 48.4. The Hall–Kier alpha value is -6.63. The van der Waals surface area contributed by atoms with Crippen molar-refractivity contribution in [3.63, 3.8) is 0 Å². The molecule has 84 heavy (non-hydrogen) atoms. The first-order valence-corrected chi connectivity index (χ1v) is 29.5. The van der Waals surface area contributed by atoms with Crippen molar-refractivity contribution in [3.8, 4) is 0 Å². The van der Waals surface area contributed by atoms with Crippen LogP contribution < -0.4 is 0 Å². The first-order valence-electron chi connectivity index (χ1n) is 29.5. The molecule has 1 saturated heterocycles. The third-order valence-electron chi connectivity index (χ3n) is 13.6. The predicted molar refractivity (Wildman–Crippen MR) is 316 cm³/mol.